The van der Waals surface area contributed by atoms with E-state index >= 15 is 0 Å². The molecule has 0 atom stereocenters. The Bertz CT molecular complexity index is 2610. The van der Waals surface area contributed by atoms with E-state index in [1.165, 1.54) is 28.4 Å². The maximum absolute atomic E-state index is 14.2. The van der Waals surface area contributed by atoms with Gasteiger partial charge >= 0.3 is 82.6 Å². The van der Waals surface area contributed by atoms with Gasteiger partial charge < -0.3 is 10.2 Å². The van der Waals surface area contributed by atoms with E-state index in [0.29, 0.717) is 0 Å². The monoisotopic (exact) mass is 1270 g/mol. The molecule has 0 saturated heterocycles. The summed E-state index contributed by atoms with van der Waals surface area (Å²) in [7, 11) is 0. The zero-order valence-electron chi connectivity index (χ0n) is 36.2. The number of carbonyl (C=O) groups is 2. The average molecular weight is 1270 g/mol. The van der Waals surface area contributed by atoms with Crippen molar-refractivity contribution in [2.45, 2.75) is 62.3 Å². The minimum absolute atomic E-state index is 0.0725. The molecule has 2 N–H and O–H groups in total. The highest BCUT2D eigenvalue weighted by Crippen LogP contribution is 2.41. The second-order valence-corrected chi connectivity index (χ2v) is 22.5. The molecule has 76 heavy (non-hydrogen) atoms. The van der Waals surface area contributed by atoms with E-state index in [0.717, 1.165) is 9.75 Å². The van der Waals surface area contributed by atoms with Gasteiger partial charge in [0.1, 0.15) is 6.15 Å². The summed E-state index contributed by atoms with van der Waals surface area (Å²) in [5.41, 5.74) is -30.2. The summed E-state index contributed by atoms with van der Waals surface area (Å²) >= 11 is 2.74. The van der Waals surface area contributed by atoms with Crippen molar-refractivity contribution in [3.8, 4) is 0 Å². The fourth-order valence-electron chi connectivity index (χ4n) is 7.46. The predicted octanol–water partition coefficient (Wildman–Crippen LogP) is 10.4. The number of carboxylic acid groups (broad SMARTS) is 2. The lowest BCUT2D eigenvalue weighted by Crippen LogP contribution is -3.61. The van der Waals surface area contributed by atoms with Crippen LogP contribution in [0.3, 0.4) is 0 Å². The summed E-state index contributed by atoms with van der Waals surface area (Å²) < 4.78 is 343. The van der Waals surface area contributed by atoms with Gasteiger partial charge in [0.15, 0.2) is 0 Å². The van der Waals surface area contributed by atoms with Gasteiger partial charge in [-0.05, 0) is 36.4 Å². The molecule has 0 amide bonds. The Balaban J connectivity index is 0.000000468. The van der Waals surface area contributed by atoms with Crippen LogP contribution in [0.2, 0.25) is 0 Å². The van der Waals surface area contributed by atoms with Gasteiger partial charge in [-0.15, -0.1) is 0 Å². The molecule has 0 aliphatic rings. The lowest BCUT2D eigenvalue weighted by molar-refractivity contribution is -0.585. The van der Waals surface area contributed by atoms with Gasteiger partial charge in [0.05, 0.1) is 57.3 Å². The van der Waals surface area contributed by atoms with Crippen LogP contribution in [0.15, 0.2) is 97.1 Å². The van der Waals surface area contributed by atoms with Crippen molar-refractivity contribution in [2.24, 2.45) is 0 Å². The van der Waals surface area contributed by atoms with Crippen LogP contribution in [0.4, 0.5) is 105 Å². The first-order valence-electron chi connectivity index (χ1n) is 19.9. The van der Waals surface area contributed by atoms with Gasteiger partial charge in [0, 0.05) is 21.9 Å². The average Bonchev–Trinajstić information content (AvgIpc) is 3.89. The maximum atomic E-state index is 14.2. The summed E-state index contributed by atoms with van der Waals surface area (Å²) in [5, 5.41) is 17.4. The van der Waals surface area contributed by atoms with Crippen LogP contribution in [-0.4, -0.2) is 28.3 Å². The van der Waals surface area contributed by atoms with Gasteiger partial charge in [0.25, 0.3) is 0 Å². The van der Waals surface area contributed by atoms with E-state index in [-0.39, 0.29) is 34.0 Å². The molecule has 2 heterocycles. The van der Waals surface area contributed by atoms with Crippen molar-refractivity contribution in [3.05, 3.63) is 157 Å². The molecule has 0 unspecified atom stereocenters. The maximum Gasteiger partial charge on any atom is 0.416 e. The van der Waals surface area contributed by atoms with Crippen molar-refractivity contribution in [2.75, 3.05) is 0 Å². The summed E-state index contributed by atoms with van der Waals surface area (Å²) in [6, 6.07) is -1.13. The largest absolute Gasteiger partial charge is 0.481 e. The topological polar surface area (TPSA) is 74.6 Å². The minimum atomic E-state index is -6.13. The molecule has 2 aromatic heterocycles. The number of hydrogen-bond donors (Lipinski definition) is 2. The molecule has 0 bridgehead atoms. The third-order valence-electron chi connectivity index (χ3n) is 10.5. The number of thiophene rings is 2. The second kappa shape index (κ2) is 21.3. The zero-order valence-corrected chi connectivity index (χ0v) is 40.0. The predicted molar refractivity (Wildman–Crippen MR) is 219 cm³/mol. The van der Waals surface area contributed by atoms with Crippen molar-refractivity contribution in [3.63, 3.8) is 0 Å². The smallest absolute Gasteiger partial charge is 0.416 e. The van der Waals surface area contributed by atoms with Gasteiger partial charge in [-0.25, -0.2) is 0 Å². The fraction of sp³-hybridized carbons (Fsp3) is 0.227. The third kappa shape index (κ3) is 14.9. The SMILES string of the molecule is FC(F)(F)c1cc([B-](c2cc(C(F)(F)F)cc(C(F)(F)F)c2)(c2cc(C(F)(F)F)cc(C(F)(F)F)c2)c2cc(C(F)(F)F)cc(C(F)(F)F)c2)cc(C(F)(F)F)c1.O=C(O)Cc1ccc([I+]c2ccc(CC(=O)O)s2)s1. The summed E-state index contributed by atoms with van der Waals surface area (Å²) in [6.07, 6.45) is -54.7. The van der Waals surface area contributed by atoms with Crippen LogP contribution < -0.4 is 43.1 Å². The summed E-state index contributed by atoms with van der Waals surface area (Å²) in [5.74, 6) is -1.63. The Morgan fingerprint density at radius 1 is 0.342 bits per heavy atom. The Morgan fingerprint density at radius 3 is 0.684 bits per heavy atom. The second-order valence-electron chi connectivity index (χ2n) is 15.9. The number of rotatable bonds is 10. The molecule has 4 aromatic carbocycles. The molecule has 6 rings (SSSR count). The van der Waals surface area contributed by atoms with Crippen molar-refractivity contribution < 1.29 is 146 Å². The Kier molecular flexibility index (Phi) is 17.1. The first kappa shape index (κ1) is 61.2. The highest BCUT2D eigenvalue weighted by molar-refractivity contribution is 7.20. The van der Waals surface area contributed by atoms with Gasteiger partial charge in [0.2, 0.25) is 5.77 Å². The molecule has 0 spiro atoms. The Morgan fingerprint density at radius 2 is 0.526 bits per heavy atom. The number of hydrogen-bond acceptors (Lipinski definition) is 4. The van der Waals surface area contributed by atoms with Crippen LogP contribution in [0.1, 0.15) is 54.3 Å². The molecule has 4 nitrogen and oxygen atoms in total. The molecular formula is C44H22BF24IO4S2. The molecule has 0 aliphatic carbocycles. The van der Waals surface area contributed by atoms with Crippen LogP contribution in [0, 0.1) is 5.77 Å². The van der Waals surface area contributed by atoms with Gasteiger partial charge in [-0.1, -0.05) is 71.2 Å². The molecule has 0 saturated carbocycles. The van der Waals surface area contributed by atoms with Gasteiger partial charge in [-0.2, -0.15) is 127 Å². The number of halogens is 25. The number of carboxylic acids is 2. The van der Waals surface area contributed by atoms with Crippen molar-refractivity contribution in [1.82, 2.24) is 0 Å². The molecule has 0 radical (unpaired) electrons. The first-order chi connectivity index (χ1) is 34.3. The minimum Gasteiger partial charge on any atom is -0.481 e. The van der Waals surface area contributed by atoms with Crippen LogP contribution >= 0.6 is 22.7 Å². The first-order valence-corrected chi connectivity index (χ1v) is 23.7. The Hall–Kier alpha value is -5.67. The van der Waals surface area contributed by atoms with Crippen molar-refractivity contribution in [1.29, 1.82) is 0 Å². The lowest BCUT2D eigenvalue weighted by atomic mass is 9.12. The van der Waals surface area contributed by atoms with E-state index in [4.69, 9.17) is 10.2 Å². The van der Waals surface area contributed by atoms with E-state index in [2.05, 4.69) is 0 Å². The normalized spacial score (nSPS) is 13.4. The lowest BCUT2D eigenvalue weighted by Gasteiger charge is -2.46. The van der Waals surface area contributed by atoms with E-state index in [1.807, 2.05) is 24.3 Å². The van der Waals surface area contributed by atoms with Crippen LogP contribution in [0.5, 0.6) is 0 Å². The highest BCUT2D eigenvalue weighted by Gasteiger charge is 2.47. The van der Waals surface area contributed by atoms with E-state index in [9.17, 15) is 115 Å². The molecule has 412 valence electrons. The van der Waals surface area contributed by atoms with E-state index in [1.54, 1.807) is 0 Å². The Labute approximate surface area is 426 Å². The van der Waals surface area contributed by atoms with Crippen molar-refractivity contribution >= 4 is 62.6 Å². The standard InChI is InChI=1S/C32H12BF24.C12H9IO4S2/c34-25(35,36)13-1-14(26(37,38)39)6-21(5-13)33(22-7-15(27(40,41)42)2-16(8-22)28(43,44)45,23-9-17(29(46,47)48)3-18(10-23)30(49,50)51)24-11-19(31(52,53)54)4-20(12-24)32(55,56)57;14-11(15)5-7-1-3-9(18-7)13-10-4-2-8(19-10)6-12(16)17/h1-12H;1-4H,5-6H2,(H-,14,15,16,17)/q-1;/p+1. The zero-order chi connectivity index (χ0) is 57.7. The fourth-order valence-corrected chi connectivity index (χ4v) is 14.0. The number of aliphatic carboxylic acids is 2. The summed E-state index contributed by atoms with van der Waals surface area (Å²) in [4.78, 5) is 22.9. The molecule has 32 heteroatoms. The number of benzene rings is 4. The third-order valence-corrected chi connectivity index (χ3v) is 16.4. The molecular weight excluding hydrogens is 1250 g/mol. The quantitative estimate of drug-likeness (QED) is 0.0814. The van der Waals surface area contributed by atoms with Crippen LogP contribution in [-0.2, 0) is 71.8 Å². The van der Waals surface area contributed by atoms with Gasteiger partial charge in [-0.3, -0.25) is 9.59 Å². The summed E-state index contributed by atoms with van der Waals surface area (Å²) in [6.45, 7) is 0. The highest BCUT2D eigenvalue weighted by atomic mass is 127. The molecule has 0 fully saturated rings. The molecule has 0 aliphatic heterocycles. The number of alkyl halides is 24. The van der Waals surface area contributed by atoms with Crippen LogP contribution in [0.25, 0.3) is 0 Å². The van der Waals surface area contributed by atoms with E-state index < -0.39 is 207 Å². The molecule has 6 aromatic rings.